The van der Waals surface area contributed by atoms with Gasteiger partial charge in [0.25, 0.3) is 0 Å². The molecule has 1 aromatic heterocycles. The predicted octanol–water partition coefficient (Wildman–Crippen LogP) is 1.90. The number of aryl methyl sites for hydroxylation is 1. The molecule has 0 fully saturated rings. The zero-order valence-electron chi connectivity index (χ0n) is 11.5. The molecule has 19 heavy (non-hydrogen) atoms. The van der Waals surface area contributed by atoms with E-state index in [0.717, 1.165) is 40.4 Å². The molecule has 1 aromatic carbocycles. The van der Waals surface area contributed by atoms with Crippen LogP contribution in [0.3, 0.4) is 0 Å². The van der Waals surface area contributed by atoms with Crippen molar-refractivity contribution < 1.29 is 9.47 Å². The first-order chi connectivity index (χ1) is 9.21. The van der Waals surface area contributed by atoms with Gasteiger partial charge < -0.3 is 15.2 Å². The molecule has 0 radical (unpaired) electrons. The molecule has 0 amide bonds. The maximum absolute atomic E-state index is 5.63. The molecule has 0 atom stereocenters. The van der Waals surface area contributed by atoms with E-state index < -0.39 is 0 Å². The molecular formula is C14H19N3O2. The fraction of sp³-hybridized carbons (Fsp3) is 0.357. The summed E-state index contributed by atoms with van der Waals surface area (Å²) in [7, 11) is 3.29. The van der Waals surface area contributed by atoms with Crippen molar-refractivity contribution in [1.82, 2.24) is 10.2 Å². The highest BCUT2D eigenvalue weighted by molar-refractivity contribution is 5.75. The first-order valence-electron chi connectivity index (χ1n) is 6.17. The lowest BCUT2D eigenvalue weighted by atomic mass is 10.0. The number of nitrogens with one attached hydrogen (secondary N) is 1. The Morgan fingerprint density at radius 1 is 1.26 bits per heavy atom. The van der Waals surface area contributed by atoms with Gasteiger partial charge in [-0.2, -0.15) is 5.10 Å². The predicted molar refractivity (Wildman–Crippen MR) is 74.6 cm³/mol. The number of nitrogens with two attached hydrogens (primary N) is 1. The standard InChI is InChI=1S/C14H19N3O2/c1-9-14(12(6-7-15)17-16-9)11-5-4-10(18-2)8-13(11)19-3/h4-5,8H,6-7,15H2,1-3H3,(H,16,17). The summed E-state index contributed by atoms with van der Waals surface area (Å²) in [6.45, 7) is 2.56. The van der Waals surface area contributed by atoms with Crippen molar-refractivity contribution in [1.29, 1.82) is 0 Å². The van der Waals surface area contributed by atoms with Crippen molar-refractivity contribution in [3.63, 3.8) is 0 Å². The highest BCUT2D eigenvalue weighted by Gasteiger charge is 2.16. The lowest BCUT2D eigenvalue weighted by Crippen LogP contribution is -2.04. The Kier molecular flexibility index (Phi) is 4.06. The topological polar surface area (TPSA) is 73.2 Å². The van der Waals surface area contributed by atoms with Gasteiger partial charge in [0.1, 0.15) is 11.5 Å². The number of aromatic nitrogens is 2. The minimum absolute atomic E-state index is 0.565. The van der Waals surface area contributed by atoms with Crippen molar-refractivity contribution in [2.75, 3.05) is 20.8 Å². The highest BCUT2D eigenvalue weighted by Crippen LogP contribution is 2.36. The quantitative estimate of drug-likeness (QED) is 0.862. The van der Waals surface area contributed by atoms with E-state index in [1.807, 2.05) is 25.1 Å². The molecule has 0 unspecified atom stereocenters. The Morgan fingerprint density at radius 3 is 2.68 bits per heavy atom. The molecule has 0 aliphatic rings. The van der Waals surface area contributed by atoms with E-state index in [1.54, 1.807) is 14.2 Å². The van der Waals surface area contributed by atoms with Crippen LogP contribution in [0.15, 0.2) is 18.2 Å². The SMILES string of the molecule is COc1ccc(-c2c(CCN)n[nH]c2C)c(OC)c1. The van der Waals surface area contributed by atoms with Gasteiger partial charge in [-0.05, 0) is 25.6 Å². The van der Waals surface area contributed by atoms with Crippen LogP contribution in [-0.4, -0.2) is 31.0 Å². The molecule has 0 saturated heterocycles. The second-order valence-electron chi connectivity index (χ2n) is 4.28. The van der Waals surface area contributed by atoms with E-state index in [1.165, 1.54) is 0 Å². The molecule has 0 spiro atoms. The van der Waals surface area contributed by atoms with E-state index in [9.17, 15) is 0 Å². The summed E-state index contributed by atoms with van der Waals surface area (Å²) in [6.07, 6.45) is 0.731. The van der Waals surface area contributed by atoms with Crippen LogP contribution in [0.1, 0.15) is 11.4 Å². The Labute approximate surface area is 112 Å². The molecule has 5 nitrogen and oxygen atoms in total. The lowest BCUT2D eigenvalue weighted by molar-refractivity contribution is 0.395. The minimum atomic E-state index is 0.565. The van der Waals surface area contributed by atoms with Crippen molar-refractivity contribution in [2.24, 2.45) is 5.73 Å². The van der Waals surface area contributed by atoms with Gasteiger partial charge in [-0.25, -0.2) is 0 Å². The molecule has 5 heteroatoms. The molecule has 0 aliphatic carbocycles. The number of benzene rings is 1. The Balaban J connectivity index is 2.54. The number of H-pyrrole nitrogens is 1. The number of hydrogen-bond acceptors (Lipinski definition) is 4. The number of ether oxygens (including phenoxy) is 2. The fourth-order valence-electron chi connectivity index (χ4n) is 2.16. The third-order valence-corrected chi connectivity index (χ3v) is 3.08. The number of methoxy groups -OCH3 is 2. The zero-order chi connectivity index (χ0) is 13.8. The molecule has 102 valence electrons. The van der Waals surface area contributed by atoms with Gasteiger partial charge in [-0.15, -0.1) is 0 Å². The summed E-state index contributed by atoms with van der Waals surface area (Å²) in [5.74, 6) is 1.53. The largest absolute Gasteiger partial charge is 0.497 e. The summed E-state index contributed by atoms with van der Waals surface area (Å²) in [5, 5.41) is 7.32. The van der Waals surface area contributed by atoms with Gasteiger partial charge in [-0.1, -0.05) is 0 Å². The summed E-state index contributed by atoms with van der Waals surface area (Å²) in [5.41, 5.74) is 9.65. The van der Waals surface area contributed by atoms with Crippen molar-refractivity contribution in [3.05, 3.63) is 29.6 Å². The zero-order valence-corrected chi connectivity index (χ0v) is 11.5. The van der Waals surface area contributed by atoms with Gasteiger partial charge in [0.2, 0.25) is 0 Å². The van der Waals surface area contributed by atoms with E-state index in [-0.39, 0.29) is 0 Å². The van der Waals surface area contributed by atoms with Gasteiger partial charge in [0.15, 0.2) is 0 Å². The van der Waals surface area contributed by atoms with Crippen LogP contribution >= 0.6 is 0 Å². The number of nitrogens with zero attached hydrogens (tertiary/aromatic N) is 1. The van der Waals surface area contributed by atoms with Crippen LogP contribution in [0.25, 0.3) is 11.1 Å². The van der Waals surface area contributed by atoms with Crippen LogP contribution < -0.4 is 15.2 Å². The van der Waals surface area contributed by atoms with Crippen LogP contribution in [0.5, 0.6) is 11.5 Å². The third kappa shape index (κ3) is 2.56. The van der Waals surface area contributed by atoms with E-state index in [2.05, 4.69) is 10.2 Å². The highest BCUT2D eigenvalue weighted by atomic mass is 16.5. The fourth-order valence-corrected chi connectivity index (χ4v) is 2.16. The van der Waals surface area contributed by atoms with Crippen molar-refractivity contribution >= 4 is 0 Å². The first-order valence-corrected chi connectivity index (χ1v) is 6.17. The monoisotopic (exact) mass is 261 g/mol. The average Bonchev–Trinajstić information content (AvgIpc) is 2.79. The molecule has 1 heterocycles. The van der Waals surface area contributed by atoms with E-state index in [4.69, 9.17) is 15.2 Å². The molecule has 3 N–H and O–H groups in total. The van der Waals surface area contributed by atoms with Gasteiger partial charge in [0, 0.05) is 29.3 Å². The Hall–Kier alpha value is -2.01. The van der Waals surface area contributed by atoms with Crippen molar-refractivity contribution in [3.8, 4) is 22.6 Å². The number of hydrogen-bond donors (Lipinski definition) is 2. The Bertz CT molecular complexity index is 564. The normalized spacial score (nSPS) is 10.5. The minimum Gasteiger partial charge on any atom is -0.497 e. The second-order valence-corrected chi connectivity index (χ2v) is 4.28. The summed E-state index contributed by atoms with van der Waals surface area (Å²) in [4.78, 5) is 0. The summed E-state index contributed by atoms with van der Waals surface area (Å²) < 4.78 is 10.7. The third-order valence-electron chi connectivity index (χ3n) is 3.08. The number of aromatic amines is 1. The van der Waals surface area contributed by atoms with E-state index in [0.29, 0.717) is 6.54 Å². The Morgan fingerprint density at radius 2 is 2.05 bits per heavy atom. The van der Waals surface area contributed by atoms with Crippen molar-refractivity contribution in [2.45, 2.75) is 13.3 Å². The smallest absolute Gasteiger partial charge is 0.130 e. The average molecular weight is 261 g/mol. The molecular weight excluding hydrogens is 242 g/mol. The van der Waals surface area contributed by atoms with E-state index >= 15 is 0 Å². The van der Waals surface area contributed by atoms with Gasteiger partial charge in [0.05, 0.1) is 19.9 Å². The second kappa shape index (κ2) is 5.75. The summed E-state index contributed by atoms with van der Waals surface area (Å²) in [6, 6.07) is 5.76. The van der Waals surface area contributed by atoms with Crippen LogP contribution in [0.2, 0.25) is 0 Å². The van der Waals surface area contributed by atoms with Gasteiger partial charge >= 0.3 is 0 Å². The lowest BCUT2D eigenvalue weighted by Gasteiger charge is -2.11. The first kappa shape index (κ1) is 13.4. The maximum Gasteiger partial charge on any atom is 0.130 e. The van der Waals surface area contributed by atoms with Crippen LogP contribution in [0, 0.1) is 6.92 Å². The number of rotatable bonds is 5. The van der Waals surface area contributed by atoms with Crippen LogP contribution in [0.4, 0.5) is 0 Å². The van der Waals surface area contributed by atoms with Gasteiger partial charge in [-0.3, -0.25) is 5.10 Å². The molecule has 0 aliphatic heterocycles. The summed E-state index contributed by atoms with van der Waals surface area (Å²) >= 11 is 0. The molecule has 2 rings (SSSR count). The molecule has 2 aromatic rings. The molecule has 0 bridgehead atoms. The van der Waals surface area contributed by atoms with Crippen LogP contribution in [-0.2, 0) is 6.42 Å². The molecule has 0 saturated carbocycles. The maximum atomic E-state index is 5.63.